The summed E-state index contributed by atoms with van der Waals surface area (Å²) in [5.74, 6) is -0.356. The summed E-state index contributed by atoms with van der Waals surface area (Å²) in [6.45, 7) is 2.62. The van der Waals surface area contributed by atoms with Gasteiger partial charge < -0.3 is 19.5 Å². The van der Waals surface area contributed by atoms with Gasteiger partial charge in [0.1, 0.15) is 0 Å². The van der Waals surface area contributed by atoms with E-state index in [2.05, 4.69) is 6.92 Å². The number of benzene rings is 1. The molecule has 6 nitrogen and oxygen atoms in total. The Morgan fingerprint density at radius 3 is 2.58 bits per heavy atom. The van der Waals surface area contributed by atoms with Gasteiger partial charge >= 0.3 is 5.97 Å². The Morgan fingerprint density at radius 2 is 2.00 bits per heavy atom. The number of nitrogens with zero attached hydrogens (tertiary/aromatic N) is 1. The van der Waals surface area contributed by atoms with Gasteiger partial charge in [-0.3, -0.25) is 9.59 Å². The molecular weight excluding hydrogens is 310 g/mol. The highest BCUT2D eigenvalue weighted by molar-refractivity contribution is 5.81. The monoisotopic (exact) mass is 335 g/mol. The van der Waals surface area contributed by atoms with Crippen molar-refractivity contribution in [3.8, 4) is 11.5 Å². The van der Waals surface area contributed by atoms with Crippen LogP contribution in [-0.4, -0.2) is 42.6 Å². The van der Waals surface area contributed by atoms with Crippen LogP contribution >= 0.6 is 0 Å². The van der Waals surface area contributed by atoms with E-state index < -0.39 is 17.9 Å². The van der Waals surface area contributed by atoms with Gasteiger partial charge in [0, 0.05) is 13.0 Å². The SMILES string of the molecule is CCCCN1C(=O)CC[C@H](C(=O)O)[C@H]1c1ccc(OC)c(OC)c1. The molecule has 6 heteroatoms. The van der Waals surface area contributed by atoms with Gasteiger partial charge in [0.25, 0.3) is 0 Å². The van der Waals surface area contributed by atoms with Crippen LogP contribution in [0, 0.1) is 5.92 Å². The second-order valence-corrected chi connectivity index (χ2v) is 5.98. The lowest BCUT2D eigenvalue weighted by Gasteiger charge is -2.40. The van der Waals surface area contributed by atoms with Crippen molar-refractivity contribution in [2.24, 2.45) is 5.92 Å². The molecule has 2 rings (SSSR count). The van der Waals surface area contributed by atoms with Crippen molar-refractivity contribution in [2.45, 2.75) is 38.6 Å². The molecule has 1 amide bonds. The van der Waals surface area contributed by atoms with Crippen molar-refractivity contribution in [3.63, 3.8) is 0 Å². The summed E-state index contributed by atoms with van der Waals surface area (Å²) in [4.78, 5) is 25.9. The predicted octanol–water partition coefficient (Wildman–Crippen LogP) is 2.87. The molecule has 1 fully saturated rings. The number of methoxy groups -OCH3 is 2. The summed E-state index contributed by atoms with van der Waals surface area (Å²) in [6, 6.07) is 4.87. The van der Waals surface area contributed by atoms with Crippen LogP contribution in [0.1, 0.15) is 44.2 Å². The fourth-order valence-corrected chi connectivity index (χ4v) is 3.25. The van der Waals surface area contributed by atoms with Crippen LogP contribution in [0.4, 0.5) is 0 Å². The minimum atomic E-state index is -0.871. The molecule has 1 aromatic rings. The molecule has 2 atom stereocenters. The van der Waals surface area contributed by atoms with E-state index in [1.807, 2.05) is 6.07 Å². The normalized spacial score (nSPS) is 20.8. The molecule has 0 radical (unpaired) electrons. The second kappa shape index (κ2) is 8.04. The number of hydrogen-bond donors (Lipinski definition) is 1. The first-order valence-electron chi connectivity index (χ1n) is 8.27. The van der Waals surface area contributed by atoms with Crippen LogP contribution in [0.15, 0.2) is 18.2 Å². The number of hydrogen-bond acceptors (Lipinski definition) is 4. The summed E-state index contributed by atoms with van der Waals surface area (Å²) >= 11 is 0. The van der Waals surface area contributed by atoms with Crippen molar-refractivity contribution >= 4 is 11.9 Å². The average molecular weight is 335 g/mol. The first-order valence-corrected chi connectivity index (χ1v) is 8.27. The first-order chi connectivity index (χ1) is 11.5. The lowest BCUT2D eigenvalue weighted by molar-refractivity contribution is -0.152. The molecule has 1 heterocycles. The maximum Gasteiger partial charge on any atom is 0.308 e. The number of carboxylic acids is 1. The van der Waals surface area contributed by atoms with E-state index >= 15 is 0 Å². The number of rotatable bonds is 7. The molecular formula is C18H25NO5. The van der Waals surface area contributed by atoms with Gasteiger partial charge in [0.2, 0.25) is 5.91 Å². The third-order valence-corrected chi connectivity index (χ3v) is 4.53. The molecule has 1 aliphatic rings. The van der Waals surface area contributed by atoms with E-state index in [1.165, 1.54) is 7.11 Å². The molecule has 1 saturated heterocycles. The number of likely N-dealkylation sites (tertiary alicyclic amines) is 1. The maximum atomic E-state index is 12.4. The number of carboxylic acid groups (broad SMARTS) is 1. The highest BCUT2D eigenvalue weighted by Gasteiger charge is 2.40. The Kier molecular flexibility index (Phi) is 6.06. The van der Waals surface area contributed by atoms with Crippen LogP contribution in [-0.2, 0) is 9.59 Å². The largest absolute Gasteiger partial charge is 0.493 e. The molecule has 1 N–H and O–H groups in total. The highest BCUT2D eigenvalue weighted by Crippen LogP contribution is 2.40. The topological polar surface area (TPSA) is 76.1 Å². The van der Waals surface area contributed by atoms with Crippen molar-refractivity contribution < 1.29 is 24.2 Å². The van der Waals surface area contributed by atoms with Gasteiger partial charge in [-0.15, -0.1) is 0 Å². The number of carbonyl (C=O) groups excluding carboxylic acids is 1. The van der Waals surface area contributed by atoms with Crippen LogP contribution in [0.25, 0.3) is 0 Å². The number of unbranched alkanes of at least 4 members (excludes halogenated alkanes) is 1. The van der Waals surface area contributed by atoms with Crippen LogP contribution in [0.5, 0.6) is 11.5 Å². The molecule has 132 valence electrons. The quantitative estimate of drug-likeness (QED) is 0.829. The minimum Gasteiger partial charge on any atom is -0.493 e. The summed E-state index contributed by atoms with van der Waals surface area (Å²) in [5, 5.41) is 9.63. The predicted molar refractivity (Wildman–Crippen MR) is 89.3 cm³/mol. The molecule has 1 aliphatic heterocycles. The Labute approximate surface area is 142 Å². The number of carbonyl (C=O) groups is 2. The molecule has 0 aliphatic carbocycles. The lowest BCUT2D eigenvalue weighted by atomic mass is 9.84. The fraction of sp³-hybridized carbons (Fsp3) is 0.556. The lowest BCUT2D eigenvalue weighted by Crippen LogP contribution is -2.45. The van der Waals surface area contributed by atoms with Crippen LogP contribution < -0.4 is 9.47 Å². The summed E-state index contributed by atoms with van der Waals surface area (Å²) in [6.07, 6.45) is 2.43. The molecule has 0 saturated carbocycles. The van der Waals surface area contributed by atoms with Crippen molar-refractivity contribution in [1.82, 2.24) is 4.90 Å². The molecule has 1 aromatic carbocycles. The van der Waals surface area contributed by atoms with Crippen molar-refractivity contribution in [1.29, 1.82) is 0 Å². The van der Waals surface area contributed by atoms with E-state index in [0.29, 0.717) is 24.5 Å². The first kappa shape index (κ1) is 18.1. The molecule has 0 aromatic heterocycles. The van der Waals surface area contributed by atoms with Gasteiger partial charge in [-0.1, -0.05) is 19.4 Å². The number of amides is 1. The van der Waals surface area contributed by atoms with Crippen LogP contribution in [0.3, 0.4) is 0 Å². The number of piperidine rings is 1. The van der Waals surface area contributed by atoms with E-state index in [1.54, 1.807) is 24.1 Å². The Hall–Kier alpha value is -2.24. The Balaban J connectivity index is 2.44. The maximum absolute atomic E-state index is 12.4. The zero-order chi connectivity index (χ0) is 17.7. The van der Waals surface area contributed by atoms with Gasteiger partial charge in [-0.05, 0) is 30.5 Å². The zero-order valence-corrected chi connectivity index (χ0v) is 14.4. The summed E-state index contributed by atoms with van der Waals surface area (Å²) in [7, 11) is 3.09. The standard InChI is InChI=1S/C18H25NO5/c1-4-5-10-19-16(20)9-7-13(18(21)22)17(19)12-6-8-14(23-2)15(11-12)24-3/h6,8,11,13,17H,4-5,7,9-10H2,1-3H3,(H,21,22)/t13-,17+/m0/s1. The van der Waals surface area contributed by atoms with Gasteiger partial charge in [-0.2, -0.15) is 0 Å². The summed E-state index contributed by atoms with van der Waals surface area (Å²) in [5.41, 5.74) is 0.768. The van der Waals surface area contributed by atoms with Crippen molar-refractivity contribution in [3.05, 3.63) is 23.8 Å². The minimum absolute atomic E-state index is 0.0146. The number of ether oxygens (including phenoxy) is 2. The highest BCUT2D eigenvalue weighted by atomic mass is 16.5. The third-order valence-electron chi connectivity index (χ3n) is 4.53. The molecule has 0 spiro atoms. The van der Waals surface area contributed by atoms with Gasteiger partial charge in [-0.25, -0.2) is 0 Å². The van der Waals surface area contributed by atoms with E-state index in [9.17, 15) is 14.7 Å². The molecule has 24 heavy (non-hydrogen) atoms. The van der Waals surface area contributed by atoms with Crippen molar-refractivity contribution in [2.75, 3.05) is 20.8 Å². The average Bonchev–Trinajstić information content (AvgIpc) is 2.59. The Bertz CT molecular complexity index is 601. The van der Waals surface area contributed by atoms with E-state index in [4.69, 9.17) is 9.47 Å². The molecule has 0 bridgehead atoms. The second-order valence-electron chi connectivity index (χ2n) is 5.98. The molecule has 0 unspecified atom stereocenters. The smallest absolute Gasteiger partial charge is 0.308 e. The fourth-order valence-electron chi connectivity index (χ4n) is 3.25. The summed E-state index contributed by atoms with van der Waals surface area (Å²) < 4.78 is 10.6. The zero-order valence-electron chi connectivity index (χ0n) is 14.4. The van der Waals surface area contributed by atoms with E-state index in [-0.39, 0.29) is 12.3 Å². The van der Waals surface area contributed by atoms with Crippen LogP contribution in [0.2, 0.25) is 0 Å². The van der Waals surface area contributed by atoms with Gasteiger partial charge in [0.05, 0.1) is 26.2 Å². The van der Waals surface area contributed by atoms with E-state index in [0.717, 1.165) is 18.4 Å². The third kappa shape index (κ3) is 3.63. The Morgan fingerprint density at radius 1 is 1.29 bits per heavy atom. The van der Waals surface area contributed by atoms with Gasteiger partial charge in [0.15, 0.2) is 11.5 Å². The number of aliphatic carboxylic acids is 1.